The van der Waals surface area contributed by atoms with Gasteiger partial charge in [0.1, 0.15) is 0 Å². The highest BCUT2D eigenvalue weighted by molar-refractivity contribution is 5.97. The van der Waals surface area contributed by atoms with E-state index in [1.807, 2.05) is 71.3 Å². The molecule has 1 saturated heterocycles. The van der Waals surface area contributed by atoms with Gasteiger partial charge in [-0.25, -0.2) is 4.79 Å². The fourth-order valence-corrected chi connectivity index (χ4v) is 4.53. The van der Waals surface area contributed by atoms with Crippen LogP contribution >= 0.6 is 0 Å². The molecule has 176 valence electrons. The summed E-state index contributed by atoms with van der Waals surface area (Å²) in [5.41, 5.74) is 6.16. The fraction of sp³-hybridized carbons (Fsp3) is 0.310. The number of benzene rings is 3. The molecule has 1 aliphatic rings. The molecule has 1 aliphatic heterocycles. The van der Waals surface area contributed by atoms with Gasteiger partial charge >= 0.3 is 6.03 Å². The first-order chi connectivity index (χ1) is 16.5. The normalized spacial score (nSPS) is 14.7. The molecule has 3 aromatic carbocycles. The Morgan fingerprint density at radius 1 is 0.941 bits per heavy atom. The molecule has 5 heteroatoms. The SMILES string of the molecule is CCC(C(=O)Nc1cccc(N2CCCN(Cc3ccc(C)c(C)c3)C2=O)c1)c1ccccc1. The van der Waals surface area contributed by atoms with Gasteiger partial charge in [-0.3, -0.25) is 9.69 Å². The number of aryl methyl sites for hydroxylation is 2. The standard InChI is InChI=1S/C29H33N3O2/c1-4-27(24-10-6-5-7-11-24)28(33)30-25-12-8-13-26(19-25)32-17-9-16-31(29(32)34)20-23-15-14-21(2)22(3)18-23/h5-8,10-15,18-19,27H,4,9,16-17,20H2,1-3H3,(H,30,33). The summed E-state index contributed by atoms with van der Waals surface area (Å²) in [5, 5.41) is 3.06. The van der Waals surface area contributed by atoms with Crippen molar-refractivity contribution in [2.45, 2.75) is 46.1 Å². The Morgan fingerprint density at radius 2 is 1.74 bits per heavy atom. The summed E-state index contributed by atoms with van der Waals surface area (Å²) in [7, 11) is 0. The number of carbonyl (C=O) groups is 2. The molecule has 3 aromatic rings. The van der Waals surface area contributed by atoms with Gasteiger partial charge in [-0.15, -0.1) is 0 Å². The molecule has 0 radical (unpaired) electrons. The van der Waals surface area contributed by atoms with Crippen LogP contribution in [0.25, 0.3) is 0 Å². The van der Waals surface area contributed by atoms with Crippen LogP contribution < -0.4 is 10.2 Å². The van der Waals surface area contributed by atoms with Gasteiger partial charge in [0, 0.05) is 31.0 Å². The van der Waals surface area contributed by atoms with Gasteiger partial charge in [0.25, 0.3) is 0 Å². The molecule has 0 bridgehead atoms. The smallest absolute Gasteiger partial charge is 0.324 e. The van der Waals surface area contributed by atoms with Crippen molar-refractivity contribution < 1.29 is 9.59 Å². The summed E-state index contributed by atoms with van der Waals surface area (Å²) < 4.78 is 0. The van der Waals surface area contributed by atoms with Crippen molar-refractivity contribution >= 4 is 23.3 Å². The number of hydrogen-bond acceptors (Lipinski definition) is 2. The maximum absolute atomic E-state index is 13.3. The predicted molar refractivity (Wildman–Crippen MR) is 138 cm³/mol. The van der Waals surface area contributed by atoms with Crippen molar-refractivity contribution in [3.63, 3.8) is 0 Å². The molecule has 1 unspecified atom stereocenters. The van der Waals surface area contributed by atoms with Gasteiger partial charge in [-0.1, -0.05) is 61.5 Å². The zero-order chi connectivity index (χ0) is 24.1. The summed E-state index contributed by atoms with van der Waals surface area (Å²) in [5.74, 6) is -0.248. The Labute approximate surface area is 202 Å². The zero-order valence-electron chi connectivity index (χ0n) is 20.3. The van der Waals surface area contributed by atoms with Gasteiger partial charge in [0.2, 0.25) is 5.91 Å². The van der Waals surface area contributed by atoms with Crippen molar-refractivity contribution in [2.24, 2.45) is 0 Å². The molecular weight excluding hydrogens is 422 g/mol. The summed E-state index contributed by atoms with van der Waals surface area (Å²) in [4.78, 5) is 30.0. The molecule has 0 aliphatic carbocycles. The third-order valence-electron chi connectivity index (χ3n) is 6.61. The number of rotatable bonds is 7. The number of anilines is 2. The van der Waals surface area contributed by atoms with Crippen molar-refractivity contribution in [1.82, 2.24) is 4.90 Å². The molecule has 34 heavy (non-hydrogen) atoms. The van der Waals surface area contributed by atoms with E-state index in [1.54, 1.807) is 0 Å². The average molecular weight is 456 g/mol. The van der Waals surface area contributed by atoms with Gasteiger partial charge in [0.05, 0.1) is 5.92 Å². The van der Waals surface area contributed by atoms with Crippen LogP contribution in [0.5, 0.6) is 0 Å². The number of hydrogen-bond donors (Lipinski definition) is 1. The Morgan fingerprint density at radius 3 is 2.47 bits per heavy atom. The maximum Gasteiger partial charge on any atom is 0.324 e. The van der Waals surface area contributed by atoms with Crippen LogP contribution in [0.15, 0.2) is 72.8 Å². The van der Waals surface area contributed by atoms with Gasteiger partial charge < -0.3 is 10.2 Å². The van der Waals surface area contributed by atoms with Crippen LogP contribution in [-0.4, -0.2) is 29.9 Å². The summed E-state index contributed by atoms with van der Waals surface area (Å²) >= 11 is 0. The Hall–Kier alpha value is -3.60. The number of nitrogens with one attached hydrogen (secondary N) is 1. The number of amides is 3. The molecule has 5 nitrogen and oxygen atoms in total. The van der Waals surface area contributed by atoms with E-state index in [0.717, 1.165) is 29.8 Å². The lowest BCUT2D eigenvalue weighted by atomic mass is 9.95. The maximum atomic E-state index is 13.3. The van der Waals surface area contributed by atoms with Gasteiger partial charge in [0.15, 0.2) is 0 Å². The highest BCUT2D eigenvalue weighted by Gasteiger charge is 2.27. The molecule has 4 rings (SSSR count). The number of urea groups is 1. The molecule has 1 heterocycles. The van der Waals surface area contributed by atoms with E-state index >= 15 is 0 Å². The minimum atomic E-state index is -0.213. The van der Waals surface area contributed by atoms with E-state index in [1.165, 1.54) is 11.1 Å². The van der Waals surface area contributed by atoms with Crippen LogP contribution in [0.1, 0.15) is 47.9 Å². The largest absolute Gasteiger partial charge is 0.325 e. The first kappa shape index (κ1) is 23.6. The van der Waals surface area contributed by atoms with Gasteiger partial charge in [-0.05, 0) is 67.1 Å². The van der Waals surface area contributed by atoms with Crippen molar-refractivity contribution in [2.75, 3.05) is 23.3 Å². The van der Waals surface area contributed by atoms with E-state index in [4.69, 9.17) is 0 Å². The monoisotopic (exact) mass is 455 g/mol. The van der Waals surface area contributed by atoms with E-state index in [9.17, 15) is 9.59 Å². The number of nitrogens with zero attached hydrogens (tertiary/aromatic N) is 2. The van der Waals surface area contributed by atoms with Crippen LogP contribution in [0.3, 0.4) is 0 Å². The molecule has 3 amide bonds. The second-order valence-corrected chi connectivity index (χ2v) is 9.04. The van der Waals surface area contributed by atoms with Crippen molar-refractivity contribution in [3.8, 4) is 0 Å². The van der Waals surface area contributed by atoms with Crippen molar-refractivity contribution in [3.05, 3.63) is 95.1 Å². The number of carbonyl (C=O) groups excluding carboxylic acids is 2. The highest BCUT2D eigenvalue weighted by Crippen LogP contribution is 2.26. The molecular formula is C29H33N3O2. The Balaban J connectivity index is 1.47. The molecule has 0 saturated carbocycles. The quantitative estimate of drug-likeness (QED) is 0.457. The minimum absolute atomic E-state index is 0.00340. The van der Waals surface area contributed by atoms with Gasteiger partial charge in [-0.2, -0.15) is 0 Å². The first-order valence-corrected chi connectivity index (χ1v) is 12.0. The Bertz CT molecular complexity index is 1160. The molecule has 1 fully saturated rings. The molecule has 1 atom stereocenters. The van der Waals surface area contributed by atoms with Crippen molar-refractivity contribution in [1.29, 1.82) is 0 Å². The summed E-state index contributed by atoms with van der Waals surface area (Å²) in [6, 6.07) is 23.8. The lowest BCUT2D eigenvalue weighted by molar-refractivity contribution is -0.117. The van der Waals surface area contributed by atoms with Crippen LogP contribution in [0, 0.1) is 13.8 Å². The van der Waals surface area contributed by atoms with Crippen LogP contribution in [-0.2, 0) is 11.3 Å². The Kier molecular flexibility index (Phi) is 7.31. The van der Waals surface area contributed by atoms with E-state index in [2.05, 4.69) is 37.4 Å². The lowest BCUT2D eigenvalue weighted by Gasteiger charge is -2.36. The topological polar surface area (TPSA) is 52.7 Å². The minimum Gasteiger partial charge on any atom is -0.325 e. The lowest BCUT2D eigenvalue weighted by Crippen LogP contribution is -2.49. The second kappa shape index (κ2) is 10.6. The van der Waals surface area contributed by atoms with E-state index < -0.39 is 0 Å². The van der Waals surface area contributed by atoms with E-state index in [0.29, 0.717) is 25.2 Å². The fourth-order valence-electron chi connectivity index (χ4n) is 4.53. The third-order valence-corrected chi connectivity index (χ3v) is 6.61. The molecule has 0 aromatic heterocycles. The second-order valence-electron chi connectivity index (χ2n) is 9.04. The highest BCUT2D eigenvalue weighted by atomic mass is 16.2. The summed E-state index contributed by atoms with van der Waals surface area (Å²) in [6.07, 6.45) is 1.62. The van der Waals surface area contributed by atoms with Crippen LogP contribution in [0.4, 0.5) is 16.2 Å². The molecule has 0 spiro atoms. The third kappa shape index (κ3) is 5.30. The predicted octanol–water partition coefficient (Wildman–Crippen LogP) is 6.27. The first-order valence-electron chi connectivity index (χ1n) is 12.0. The zero-order valence-corrected chi connectivity index (χ0v) is 20.3. The van der Waals surface area contributed by atoms with Crippen LogP contribution in [0.2, 0.25) is 0 Å². The summed E-state index contributed by atoms with van der Waals surface area (Å²) in [6.45, 7) is 8.23. The van der Waals surface area contributed by atoms with E-state index in [-0.39, 0.29) is 17.9 Å². The average Bonchev–Trinajstić information content (AvgIpc) is 2.84. The molecule has 1 N–H and O–H groups in total.